The van der Waals surface area contributed by atoms with Crippen molar-refractivity contribution in [3.05, 3.63) is 47.9 Å². The predicted molar refractivity (Wildman–Crippen MR) is 93.6 cm³/mol. The Morgan fingerprint density at radius 3 is 2.68 bits per heavy atom. The van der Waals surface area contributed by atoms with E-state index in [1.165, 1.54) is 18.6 Å². The summed E-state index contributed by atoms with van der Waals surface area (Å²) in [6, 6.07) is 6.25. The van der Waals surface area contributed by atoms with Gasteiger partial charge in [-0.15, -0.1) is 0 Å². The summed E-state index contributed by atoms with van der Waals surface area (Å²) in [5.74, 6) is -0.138. The first-order chi connectivity index (χ1) is 11.8. The lowest BCUT2D eigenvalue weighted by molar-refractivity contribution is -0.115. The molecule has 0 saturated carbocycles. The maximum absolute atomic E-state index is 12.4. The number of aliphatic hydroxyl groups excluding tert-OH is 1. The highest BCUT2D eigenvalue weighted by molar-refractivity contribution is 7.89. The molecule has 136 valence electrons. The standard InChI is InChI=1S/C17H22N2O5S/c1-3-17(21)19-14-4-5-16(12(2)10-14)25(22,23)18-8-6-15(20)13-7-9-24-11-13/h4-5,7,9-11,15,18,20H,3,6,8H2,1-2H3,(H,19,21)/t15-/m0/s1. The number of sulfonamides is 1. The molecule has 25 heavy (non-hydrogen) atoms. The van der Waals surface area contributed by atoms with E-state index in [1.54, 1.807) is 32.0 Å². The second-order valence-electron chi connectivity index (χ2n) is 5.64. The van der Waals surface area contributed by atoms with E-state index < -0.39 is 16.1 Å². The van der Waals surface area contributed by atoms with Crippen LogP contribution in [0.15, 0.2) is 46.1 Å². The number of rotatable bonds is 8. The molecule has 1 aromatic carbocycles. The summed E-state index contributed by atoms with van der Waals surface area (Å²) in [5.41, 5.74) is 1.68. The zero-order chi connectivity index (χ0) is 18.4. The molecule has 0 aliphatic heterocycles. The highest BCUT2D eigenvalue weighted by atomic mass is 32.2. The predicted octanol–water partition coefficient (Wildman–Crippen LogP) is 2.34. The van der Waals surface area contributed by atoms with E-state index in [2.05, 4.69) is 10.0 Å². The Morgan fingerprint density at radius 1 is 1.32 bits per heavy atom. The van der Waals surface area contributed by atoms with Gasteiger partial charge in [0.1, 0.15) is 0 Å². The number of nitrogens with one attached hydrogen (secondary N) is 2. The van der Waals surface area contributed by atoms with E-state index >= 15 is 0 Å². The van der Waals surface area contributed by atoms with Crippen LogP contribution < -0.4 is 10.0 Å². The van der Waals surface area contributed by atoms with Crippen LogP contribution in [0.1, 0.15) is 37.0 Å². The summed E-state index contributed by atoms with van der Waals surface area (Å²) >= 11 is 0. The lowest BCUT2D eigenvalue weighted by atomic mass is 10.1. The zero-order valence-electron chi connectivity index (χ0n) is 14.2. The van der Waals surface area contributed by atoms with Gasteiger partial charge in [-0.2, -0.15) is 0 Å². The SMILES string of the molecule is CCC(=O)Nc1ccc(S(=O)(=O)NCC[C@H](O)c2ccoc2)c(C)c1. The molecule has 7 nitrogen and oxygen atoms in total. The van der Waals surface area contributed by atoms with Crippen LogP contribution in [0.25, 0.3) is 0 Å². The molecule has 0 aliphatic carbocycles. The van der Waals surface area contributed by atoms with Crippen LogP contribution in [-0.4, -0.2) is 26.0 Å². The van der Waals surface area contributed by atoms with Gasteiger partial charge in [0.2, 0.25) is 15.9 Å². The Bertz CT molecular complexity index is 816. The molecule has 3 N–H and O–H groups in total. The van der Waals surface area contributed by atoms with Crippen molar-refractivity contribution in [2.75, 3.05) is 11.9 Å². The van der Waals surface area contributed by atoms with Crippen molar-refractivity contribution in [1.29, 1.82) is 0 Å². The summed E-state index contributed by atoms with van der Waals surface area (Å²) < 4.78 is 32.2. The van der Waals surface area contributed by atoms with Gasteiger partial charge in [0.25, 0.3) is 0 Å². The summed E-state index contributed by atoms with van der Waals surface area (Å²) in [7, 11) is -3.70. The fourth-order valence-electron chi connectivity index (χ4n) is 2.32. The highest BCUT2D eigenvalue weighted by Gasteiger charge is 2.18. The Morgan fingerprint density at radius 2 is 2.08 bits per heavy atom. The number of carbonyl (C=O) groups is 1. The molecule has 0 radical (unpaired) electrons. The molecule has 0 spiro atoms. The smallest absolute Gasteiger partial charge is 0.240 e. The largest absolute Gasteiger partial charge is 0.472 e. The van der Waals surface area contributed by atoms with E-state index in [1.807, 2.05) is 0 Å². The summed E-state index contributed by atoms with van der Waals surface area (Å²) in [5, 5.41) is 12.6. The third-order valence-electron chi connectivity index (χ3n) is 3.71. The van der Waals surface area contributed by atoms with Crippen LogP contribution in [-0.2, 0) is 14.8 Å². The van der Waals surface area contributed by atoms with Gasteiger partial charge in [0.05, 0.1) is 23.5 Å². The number of aliphatic hydroxyl groups is 1. The Kier molecular flexibility index (Phi) is 6.35. The van der Waals surface area contributed by atoms with E-state index in [0.717, 1.165) is 0 Å². The third-order valence-corrected chi connectivity index (χ3v) is 5.33. The molecule has 0 saturated heterocycles. The number of aryl methyl sites for hydroxylation is 1. The number of anilines is 1. The van der Waals surface area contributed by atoms with Gasteiger partial charge in [-0.1, -0.05) is 6.92 Å². The van der Waals surface area contributed by atoms with Crippen LogP contribution in [0.2, 0.25) is 0 Å². The van der Waals surface area contributed by atoms with Crippen molar-refractivity contribution in [2.24, 2.45) is 0 Å². The highest BCUT2D eigenvalue weighted by Crippen LogP contribution is 2.21. The topological polar surface area (TPSA) is 109 Å². The lowest BCUT2D eigenvalue weighted by Crippen LogP contribution is -2.26. The molecule has 1 heterocycles. The van der Waals surface area contributed by atoms with Gasteiger partial charge in [-0.3, -0.25) is 4.79 Å². The maximum Gasteiger partial charge on any atom is 0.240 e. The zero-order valence-corrected chi connectivity index (χ0v) is 15.0. The van der Waals surface area contributed by atoms with E-state index in [9.17, 15) is 18.3 Å². The van der Waals surface area contributed by atoms with Crippen molar-refractivity contribution in [1.82, 2.24) is 4.72 Å². The molecular formula is C17H22N2O5S. The van der Waals surface area contributed by atoms with Crippen molar-refractivity contribution >= 4 is 21.6 Å². The minimum atomic E-state index is -3.70. The number of benzene rings is 1. The van der Waals surface area contributed by atoms with E-state index in [-0.39, 0.29) is 23.8 Å². The Hall–Kier alpha value is -2.16. The average Bonchev–Trinajstić information content (AvgIpc) is 3.08. The lowest BCUT2D eigenvalue weighted by Gasteiger charge is -2.13. The molecular weight excluding hydrogens is 344 g/mol. The minimum Gasteiger partial charge on any atom is -0.472 e. The van der Waals surface area contributed by atoms with Crippen molar-refractivity contribution < 1.29 is 22.7 Å². The Labute approximate surface area is 147 Å². The fourth-order valence-corrected chi connectivity index (χ4v) is 3.59. The van der Waals surface area contributed by atoms with Crippen molar-refractivity contribution in [3.8, 4) is 0 Å². The molecule has 0 unspecified atom stereocenters. The van der Waals surface area contributed by atoms with Gasteiger partial charge >= 0.3 is 0 Å². The van der Waals surface area contributed by atoms with Gasteiger partial charge in [0, 0.05) is 24.2 Å². The van der Waals surface area contributed by atoms with Crippen LogP contribution in [0, 0.1) is 6.92 Å². The molecule has 0 fully saturated rings. The molecule has 2 aromatic rings. The molecule has 1 atom stereocenters. The van der Waals surface area contributed by atoms with Crippen molar-refractivity contribution in [3.63, 3.8) is 0 Å². The molecule has 8 heteroatoms. The number of furan rings is 1. The molecule has 2 rings (SSSR count). The monoisotopic (exact) mass is 366 g/mol. The van der Waals surface area contributed by atoms with Gasteiger partial charge in [-0.05, 0) is 43.2 Å². The third kappa shape index (κ3) is 5.15. The second-order valence-corrected chi connectivity index (χ2v) is 7.38. The Balaban J connectivity index is 2.00. The second kappa shape index (κ2) is 8.28. The summed E-state index contributed by atoms with van der Waals surface area (Å²) in [6.45, 7) is 3.49. The van der Waals surface area contributed by atoms with E-state index in [0.29, 0.717) is 23.2 Å². The fraction of sp³-hybridized carbons (Fsp3) is 0.353. The minimum absolute atomic E-state index is 0.0858. The first-order valence-electron chi connectivity index (χ1n) is 7.94. The molecule has 1 amide bonds. The molecule has 0 aliphatic rings. The van der Waals surface area contributed by atoms with E-state index in [4.69, 9.17) is 4.42 Å². The van der Waals surface area contributed by atoms with Gasteiger partial charge < -0.3 is 14.8 Å². The first kappa shape index (κ1) is 19.2. The summed E-state index contributed by atoms with van der Waals surface area (Å²) in [4.78, 5) is 11.5. The number of carbonyl (C=O) groups excluding carboxylic acids is 1. The number of amides is 1. The van der Waals surface area contributed by atoms with Gasteiger partial charge in [0.15, 0.2) is 0 Å². The number of hydrogen-bond donors (Lipinski definition) is 3. The van der Waals surface area contributed by atoms with Crippen molar-refractivity contribution in [2.45, 2.75) is 37.7 Å². The first-order valence-corrected chi connectivity index (χ1v) is 9.42. The summed E-state index contributed by atoms with van der Waals surface area (Å²) in [6.07, 6.45) is 2.65. The molecule has 1 aromatic heterocycles. The average molecular weight is 366 g/mol. The van der Waals surface area contributed by atoms with Crippen LogP contribution >= 0.6 is 0 Å². The maximum atomic E-state index is 12.4. The van der Waals surface area contributed by atoms with Gasteiger partial charge in [-0.25, -0.2) is 13.1 Å². The molecule has 0 bridgehead atoms. The normalized spacial score (nSPS) is 12.8. The van der Waals surface area contributed by atoms with Crippen LogP contribution in [0.3, 0.4) is 0 Å². The number of hydrogen-bond acceptors (Lipinski definition) is 5. The van der Waals surface area contributed by atoms with Crippen LogP contribution in [0.5, 0.6) is 0 Å². The quantitative estimate of drug-likeness (QED) is 0.664. The van der Waals surface area contributed by atoms with Crippen LogP contribution in [0.4, 0.5) is 5.69 Å².